The van der Waals surface area contributed by atoms with Crippen LogP contribution in [0, 0.1) is 0 Å². The van der Waals surface area contributed by atoms with Crippen molar-refractivity contribution in [1.82, 2.24) is 5.32 Å². The summed E-state index contributed by atoms with van der Waals surface area (Å²) in [7, 11) is 0. The molecule has 1 aromatic heterocycles. The zero-order valence-corrected chi connectivity index (χ0v) is 15.2. The summed E-state index contributed by atoms with van der Waals surface area (Å²) < 4.78 is 0. The van der Waals surface area contributed by atoms with Gasteiger partial charge in [-0.2, -0.15) is 0 Å². The quantitative estimate of drug-likeness (QED) is 0.446. The maximum absolute atomic E-state index is 11.8. The molecule has 0 unspecified atom stereocenters. The number of thiophene rings is 1. The number of aliphatic carboxylic acids is 1. The van der Waals surface area contributed by atoms with Crippen molar-refractivity contribution in [3.05, 3.63) is 21.9 Å². The molecule has 0 aromatic carbocycles. The van der Waals surface area contributed by atoms with Gasteiger partial charge >= 0.3 is 5.97 Å². The summed E-state index contributed by atoms with van der Waals surface area (Å²) in [4.78, 5) is 24.7. The summed E-state index contributed by atoms with van der Waals surface area (Å²) >= 11 is 1.73. The van der Waals surface area contributed by atoms with Gasteiger partial charge in [-0.05, 0) is 50.8 Å². The van der Waals surface area contributed by atoms with E-state index in [1.807, 2.05) is 0 Å². The van der Waals surface area contributed by atoms with Crippen LogP contribution in [0.4, 0.5) is 0 Å². The predicted molar refractivity (Wildman–Crippen MR) is 98.1 cm³/mol. The van der Waals surface area contributed by atoms with Gasteiger partial charge in [-0.3, -0.25) is 9.59 Å². The number of carboxylic acids is 1. The van der Waals surface area contributed by atoms with Crippen molar-refractivity contribution in [3.8, 4) is 0 Å². The van der Waals surface area contributed by atoms with E-state index >= 15 is 0 Å². The largest absolute Gasteiger partial charge is 0.481 e. The molecule has 5 nitrogen and oxygen atoms in total. The van der Waals surface area contributed by atoms with Crippen LogP contribution < -0.4 is 11.1 Å². The van der Waals surface area contributed by atoms with E-state index in [0.717, 1.165) is 57.9 Å². The molecule has 0 aliphatic heterocycles. The Balaban J connectivity index is 2.10. The fraction of sp³-hybridized carbons (Fsp3) is 0.667. The van der Waals surface area contributed by atoms with Crippen molar-refractivity contribution >= 4 is 23.2 Å². The number of aryl methyl sites for hydroxylation is 1. The van der Waals surface area contributed by atoms with E-state index in [-0.39, 0.29) is 12.3 Å². The van der Waals surface area contributed by atoms with Gasteiger partial charge in [-0.15, -0.1) is 11.3 Å². The van der Waals surface area contributed by atoms with Crippen molar-refractivity contribution in [2.24, 2.45) is 5.73 Å². The van der Waals surface area contributed by atoms with Gasteiger partial charge in [-0.1, -0.05) is 19.3 Å². The third-order valence-corrected chi connectivity index (χ3v) is 4.99. The van der Waals surface area contributed by atoms with Crippen LogP contribution in [-0.2, 0) is 22.6 Å². The standard InChI is InChI=1S/C18H30N2O3S/c19-13-7-2-1-5-9-17(21)20-14-16-12-11-15(24-16)8-4-3-6-10-18(22)23/h11-12H,1-10,13-14,19H2,(H,20,21)(H,22,23). The van der Waals surface area contributed by atoms with Crippen LogP contribution in [-0.4, -0.2) is 23.5 Å². The van der Waals surface area contributed by atoms with E-state index in [1.165, 1.54) is 9.75 Å². The summed E-state index contributed by atoms with van der Waals surface area (Å²) in [5.41, 5.74) is 5.44. The number of nitrogens with two attached hydrogens (primary N) is 1. The number of unbranched alkanes of at least 4 members (excludes halogenated alkanes) is 5. The van der Waals surface area contributed by atoms with E-state index < -0.39 is 5.97 Å². The maximum Gasteiger partial charge on any atom is 0.303 e. The van der Waals surface area contributed by atoms with Crippen molar-refractivity contribution in [2.75, 3.05) is 6.54 Å². The minimum absolute atomic E-state index is 0.117. The molecule has 0 saturated heterocycles. The Kier molecular flexibility index (Phi) is 11.1. The zero-order valence-electron chi connectivity index (χ0n) is 14.4. The van der Waals surface area contributed by atoms with Crippen LogP contribution in [0.1, 0.15) is 67.5 Å². The highest BCUT2D eigenvalue weighted by Crippen LogP contribution is 2.19. The topological polar surface area (TPSA) is 92.4 Å². The molecule has 1 rings (SSSR count). The highest BCUT2D eigenvalue weighted by Gasteiger charge is 2.04. The Hall–Kier alpha value is -1.40. The molecule has 1 aromatic rings. The lowest BCUT2D eigenvalue weighted by atomic mass is 10.1. The minimum Gasteiger partial charge on any atom is -0.481 e. The van der Waals surface area contributed by atoms with Gasteiger partial charge in [-0.25, -0.2) is 0 Å². The molecule has 0 fully saturated rings. The third kappa shape index (κ3) is 10.4. The van der Waals surface area contributed by atoms with Crippen molar-refractivity contribution < 1.29 is 14.7 Å². The highest BCUT2D eigenvalue weighted by molar-refractivity contribution is 7.11. The van der Waals surface area contributed by atoms with Crippen molar-refractivity contribution in [3.63, 3.8) is 0 Å². The van der Waals surface area contributed by atoms with Crippen LogP contribution >= 0.6 is 11.3 Å². The molecule has 1 amide bonds. The number of rotatable bonds is 14. The monoisotopic (exact) mass is 354 g/mol. The van der Waals surface area contributed by atoms with Crippen LogP contribution in [0.25, 0.3) is 0 Å². The van der Waals surface area contributed by atoms with E-state index in [9.17, 15) is 9.59 Å². The second kappa shape index (κ2) is 13.0. The summed E-state index contributed by atoms with van der Waals surface area (Å²) in [5, 5.41) is 11.6. The average molecular weight is 355 g/mol. The number of nitrogens with one attached hydrogen (secondary N) is 1. The Morgan fingerprint density at radius 1 is 0.958 bits per heavy atom. The Morgan fingerprint density at radius 3 is 2.38 bits per heavy atom. The van der Waals surface area contributed by atoms with Crippen LogP contribution in [0.15, 0.2) is 12.1 Å². The molecule has 4 N–H and O–H groups in total. The molecule has 0 saturated carbocycles. The normalized spacial score (nSPS) is 10.7. The van der Waals surface area contributed by atoms with E-state index in [4.69, 9.17) is 10.8 Å². The number of carbonyl (C=O) groups excluding carboxylic acids is 1. The summed E-state index contributed by atoms with van der Waals surface area (Å²) in [6.45, 7) is 1.33. The molecular formula is C18H30N2O3S. The molecule has 0 atom stereocenters. The van der Waals surface area contributed by atoms with E-state index in [1.54, 1.807) is 11.3 Å². The first-order chi connectivity index (χ1) is 11.6. The van der Waals surface area contributed by atoms with Gasteiger partial charge in [0, 0.05) is 22.6 Å². The lowest BCUT2D eigenvalue weighted by molar-refractivity contribution is -0.137. The lowest BCUT2D eigenvalue weighted by Gasteiger charge is -2.03. The van der Waals surface area contributed by atoms with Crippen LogP contribution in [0.5, 0.6) is 0 Å². The Labute approximate surface area is 148 Å². The molecule has 24 heavy (non-hydrogen) atoms. The van der Waals surface area contributed by atoms with Gasteiger partial charge < -0.3 is 16.2 Å². The van der Waals surface area contributed by atoms with Crippen molar-refractivity contribution in [1.29, 1.82) is 0 Å². The predicted octanol–water partition coefficient (Wildman–Crippen LogP) is 3.46. The first-order valence-corrected chi connectivity index (χ1v) is 9.69. The Morgan fingerprint density at radius 2 is 1.62 bits per heavy atom. The van der Waals surface area contributed by atoms with Crippen molar-refractivity contribution in [2.45, 2.75) is 70.8 Å². The SMILES string of the molecule is NCCCCCCC(=O)NCc1ccc(CCCCCC(=O)O)s1. The summed E-state index contributed by atoms with van der Waals surface area (Å²) in [6.07, 6.45) is 8.67. The summed E-state index contributed by atoms with van der Waals surface area (Å²) in [5.74, 6) is -0.602. The lowest BCUT2D eigenvalue weighted by Crippen LogP contribution is -2.21. The molecule has 0 spiro atoms. The van der Waals surface area contributed by atoms with Gasteiger partial charge in [0.2, 0.25) is 5.91 Å². The number of hydrogen-bond acceptors (Lipinski definition) is 4. The molecule has 6 heteroatoms. The average Bonchev–Trinajstić information content (AvgIpc) is 3.00. The van der Waals surface area contributed by atoms with E-state index in [0.29, 0.717) is 13.0 Å². The molecule has 1 heterocycles. The second-order valence-corrected chi connectivity index (χ2v) is 7.30. The highest BCUT2D eigenvalue weighted by atomic mass is 32.1. The molecule has 0 aliphatic rings. The number of carbonyl (C=O) groups is 2. The van der Waals surface area contributed by atoms with Gasteiger partial charge in [0.15, 0.2) is 0 Å². The fourth-order valence-electron chi connectivity index (χ4n) is 2.46. The maximum atomic E-state index is 11.8. The smallest absolute Gasteiger partial charge is 0.303 e. The molecular weight excluding hydrogens is 324 g/mol. The Bertz CT molecular complexity index is 488. The molecule has 0 aliphatic carbocycles. The first kappa shape index (κ1) is 20.6. The van der Waals surface area contributed by atoms with E-state index in [2.05, 4.69) is 17.4 Å². The first-order valence-electron chi connectivity index (χ1n) is 8.88. The van der Waals surface area contributed by atoms with Gasteiger partial charge in [0.05, 0.1) is 6.54 Å². The number of hydrogen-bond donors (Lipinski definition) is 3. The number of carboxylic acid groups (broad SMARTS) is 1. The molecule has 0 radical (unpaired) electrons. The minimum atomic E-state index is -0.719. The summed E-state index contributed by atoms with van der Waals surface area (Å²) in [6, 6.07) is 4.18. The third-order valence-electron chi connectivity index (χ3n) is 3.85. The molecule has 0 bridgehead atoms. The van der Waals surface area contributed by atoms with Crippen LogP contribution in [0.3, 0.4) is 0 Å². The second-order valence-electron chi connectivity index (χ2n) is 6.05. The van der Waals surface area contributed by atoms with Gasteiger partial charge in [0.25, 0.3) is 0 Å². The number of amides is 1. The van der Waals surface area contributed by atoms with Gasteiger partial charge in [0.1, 0.15) is 0 Å². The zero-order chi connectivity index (χ0) is 17.6. The van der Waals surface area contributed by atoms with Crippen LogP contribution in [0.2, 0.25) is 0 Å². The fourth-order valence-corrected chi connectivity index (χ4v) is 3.46. The molecule has 136 valence electrons.